The van der Waals surface area contributed by atoms with Crippen LogP contribution in [0, 0.1) is 15.9 Å². The van der Waals surface area contributed by atoms with Crippen molar-refractivity contribution in [1.29, 1.82) is 0 Å². The summed E-state index contributed by atoms with van der Waals surface area (Å²) in [7, 11) is 0. The van der Waals surface area contributed by atoms with Gasteiger partial charge < -0.3 is 25.2 Å². The maximum Gasteiger partial charge on any atom is 0.414 e. The number of halogens is 1. The fourth-order valence-corrected chi connectivity index (χ4v) is 5.28. The molecule has 14 heteroatoms. The molecule has 1 aromatic carbocycles. The van der Waals surface area contributed by atoms with Crippen LogP contribution in [-0.2, 0) is 9.53 Å². The van der Waals surface area contributed by atoms with Crippen LogP contribution >= 0.6 is 11.3 Å². The predicted molar refractivity (Wildman–Crippen MR) is 141 cm³/mol. The lowest BCUT2D eigenvalue weighted by molar-refractivity contribution is -0.379. The Hall–Kier alpha value is -3.94. The topological polar surface area (TPSA) is 137 Å². The highest BCUT2D eigenvalue weighted by Crippen LogP contribution is 2.38. The quantitative estimate of drug-likeness (QED) is 0.380. The van der Waals surface area contributed by atoms with Crippen LogP contribution in [0.1, 0.15) is 30.4 Å². The van der Waals surface area contributed by atoms with Gasteiger partial charge in [-0.3, -0.25) is 24.6 Å². The summed E-state index contributed by atoms with van der Waals surface area (Å²) >= 11 is 0.840. The van der Waals surface area contributed by atoms with Gasteiger partial charge in [0.2, 0.25) is 5.91 Å². The van der Waals surface area contributed by atoms with Gasteiger partial charge in [-0.15, -0.1) is 0 Å². The molecule has 0 saturated carbocycles. The number of nitro groups is 1. The Morgan fingerprint density at radius 2 is 1.84 bits per heavy atom. The zero-order valence-electron chi connectivity index (χ0n) is 21.2. The molecule has 2 aliphatic rings. The van der Waals surface area contributed by atoms with Crippen molar-refractivity contribution >= 4 is 51.3 Å². The Kier molecular flexibility index (Phi) is 7.99. The lowest BCUT2D eigenvalue weighted by Crippen LogP contribution is -2.46. The van der Waals surface area contributed by atoms with Crippen molar-refractivity contribution in [3.8, 4) is 0 Å². The number of amides is 3. The van der Waals surface area contributed by atoms with E-state index in [1.807, 2.05) is 23.6 Å². The minimum atomic E-state index is -0.611. The molecule has 0 aliphatic carbocycles. The largest absolute Gasteiger partial charge is 0.442 e. The van der Waals surface area contributed by atoms with Gasteiger partial charge in [-0.05, 0) is 38.1 Å². The van der Waals surface area contributed by atoms with Crippen molar-refractivity contribution in [2.45, 2.75) is 32.9 Å². The molecule has 3 heterocycles. The molecule has 0 spiro atoms. The smallest absolute Gasteiger partial charge is 0.414 e. The number of ether oxygens (including phenoxy) is 1. The van der Waals surface area contributed by atoms with Crippen molar-refractivity contribution in [3.63, 3.8) is 0 Å². The Bertz CT molecular complexity index is 1240. The minimum absolute atomic E-state index is 0.0989. The molecule has 2 saturated heterocycles. The first kappa shape index (κ1) is 27.1. The monoisotopic (exact) mass is 548 g/mol. The molecule has 1 aromatic heterocycles. The van der Waals surface area contributed by atoms with Crippen molar-refractivity contribution in [2.24, 2.45) is 0 Å². The molecule has 2 N–H and O–H groups in total. The highest BCUT2D eigenvalue weighted by molar-refractivity contribution is 7.17. The van der Waals surface area contributed by atoms with E-state index in [1.165, 1.54) is 17.9 Å². The van der Waals surface area contributed by atoms with Gasteiger partial charge in [-0.25, -0.2) is 9.18 Å². The van der Waals surface area contributed by atoms with Crippen LogP contribution in [0.4, 0.5) is 31.2 Å². The summed E-state index contributed by atoms with van der Waals surface area (Å²) in [5.74, 6) is -1.10. The van der Waals surface area contributed by atoms with E-state index in [0.29, 0.717) is 43.2 Å². The summed E-state index contributed by atoms with van der Waals surface area (Å²) in [5.41, 5.74) is 1.08. The zero-order chi connectivity index (χ0) is 27.6. The molecule has 4 rings (SSSR count). The molecule has 2 aliphatic heterocycles. The second-order valence-corrected chi connectivity index (χ2v) is 10.4. The average Bonchev–Trinajstić information content (AvgIpc) is 3.47. The van der Waals surface area contributed by atoms with Crippen LogP contribution in [0.3, 0.4) is 0 Å². The Balaban J connectivity index is 1.42. The Morgan fingerprint density at radius 1 is 1.18 bits per heavy atom. The molecule has 0 unspecified atom stereocenters. The van der Waals surface area contributed by atoms with Gasteiger partial charge in [0.15, 0.2) is 0 Å². The maximum absolute atomic E-state index is 15.1. The molecular formula is C24H29FN6O6S. The van der Waals surface area contributed by atoms with Gasteiger partial charge in [0.05, 0.1) is 29.4 Å². The van der Waals surface area contributed by atoms with Crippen LogP contribution in [0.25, 0.3) is 0 Å². The molecule has 38 heavy (non-hydrogen) atoms. The molecule has 0 bridgehead atoms. The first-order valence-corrected chi connectivity index (χ1v) is 13.0. The van der Waals surface area contributed by atoms with Gasteiger partial charge in [0.1, 0.15) is 22.5 Å². The van der Waals surface area contributed by atoms with Gasteiger partial charge in [0.25, 0.3) is 5.91 Å². The summed E-state index contributed by atoms with van der Waals surface area (Å²) in [6.45, 7) is 6.96. The van der Waals surface area contributed by atoms with Crippen LogP contribution in [0.15, 0.2) is 24.3 Å². The van der Waals surface area contributed by atoms with E-state index in [9.17, 15) is 24.5 Å². The molecule has 2 aromatic rings. The maximum atomic E-state index is 15.1. The van der Waals surface area contributed by atoms with Crippen molar-refractivity contribution in [2.75, 3.05) is 54.0 Å². The zero-order valence-corrected chi connectivity index (χ0v) is 22.0. The lowest BCUT2D eigenvalue weighted by Gasteiger charge is -2.36. The number of benzene rings is 1. The highest BCUT2D eigenvalue weighted by atomic mass is 32.1. The van der Waals surface area contributed by atoms with E-state index < -0.39 is 22.9 Å². The van der Waals surface area contributed by atoms with Crippen molar-refractivity contribution < 1.29 is 28.4 Å². The molecule has 12 nitrogen and oxygen atoms in total. The number of thiophene rings is 1. The number of anilines is 3. The minimum Gasteiger partial charge on any atom is -0.442 e. The van der Waals surface area contributed by atoms with Gasteiger partial charge in [0, 0.05) is 39.1 Å². The number of carbonyl (C=O) groups excluding carboxylic acids is 3. The number of rotatable bonds is 8. The summed E-state index contributed by atoms with van der Waals surface area (Å²) in [4.78, 5) is 52.2. The number of cyclic esters (lactones) is 1. The normalized spacial score (nSPS) is 17.6. The van der Waals surface area contributed by atoms with E-state index in [0.717, 1.165) is 11.3 Å². The summed E-state index contributed by atoms with van der Waals surface area (Å²) in [6, 6.07) is 5.94. The molecule has 0 radical (unpaired) electrons. The average molecular weight is 549 g/mol. The van der Waals surface area contributed by atoms with E-state index in [1.54, 1.807) is 18.2 Å². The van der Waals surface area contributed by atoms with E-state index in [-0.39, 0.29) is 40.8 Å². The number of piperazine rings is 1. The van der Waals surface area contributed by atoms with Crippen LogP contribution in [-0.4, -0.2) is 74.2 Å². The van der Waals surface area contributed by atoms with Gasteiger partial charge in [-0.2, -0.15) is 0 Å². The lowest BCUT2D eigenvalue weighted by atomic mass is 10.2. The standard InChI is InChI=1S/C24H29FN6O6S/c1-14(2)27-22(33)21-11-20(23(38-21)31(35)36)29-8-6-28(7-9-29)19-5-4-16(10-18(19)25)30-13-17(37-24(30)34)12-26-15(3)32/h4-5,10-11,14,17H,6-9,12-13H2,1-3H3,(H,26,32)(H,27,33)/t17-/m0/s1. The van der Waals surface area contributed by atoms with Crippen molar-refractivity contribution in [1.82, 2.24) is 10.6 Å². The number of nitrogens with zero attached hydrogens (tertiary/aromatic N) is 4. The summed E-state index contributed by atoms with van der Waals surface area (Å²) in [6.07, 6.45) is -1.14. The Morgan fingerprint density at radius 3 is 2.42 bits per heavy atom. The third-order valence-electron chi connectivity index (χ3n) is 6.16. The van der Waals surface area contributed by atoms with E-state index in [4.69, 9.17) is 4.74 Å². The third kappa shape index (κ3) is 5.96. The summed E-state index contributed by atoms with van der Waals surface area (Å²) < 4.78 is 20.4. The molecule has 1 atom stereocenters. The second kappa shape index (κ2) is 11.2. The number of nitrogens with one attached hydrogen (secondary N) is 2. The Labute approximate surface area is 222 Å². The third-order valence-corrected chi connectivity index (χ3v) is 7.23. The first-order chi connectivity index (χ1) is 18.0. The first-order valence-electron chi connectivity index (χ1n) is 12.1. The second-order valence-electron chi connectivity index (χ2n) is 9.35. The number of carbonyl (C=O) groups is 3. The number of hydrogen-bond donors (Lipinski definition) is 2. The molecule has 3 amide bonds. The van der Waals surface area contributed by atoms with Crippen LogP contribution in [0.5, 0.6) is 0 Å². The summed E-state index contributed by atoms with van der Waals surface area (Å²) in [5, 5.41) is 16.9. The SMILES string of the molecule is CC(=O)NC[C@H]1CN(c2ccc(N3CCN(c4cc(C(=O)NC(C)C)sc4[N+](=O)[O-])CC3)c(F)c2)C(=O)O1. The van der Waals surface area contributed by atoms with Crippen molar-refractivity contribution in [3.05, 3.63) is 45.1 Å². The molecule has 204 valence electrons. The fraction of sp³-hybridized carbons (Fsp3) is 0.458. The van der Waals surface area contributed by atoms with E-state index in [2.05, 4.69) is 10.6 Å². The number of hydrogen-bond acceptors (Lipinski definition) is 9. The molecular weight excluding hydrogens is 519 g/mol. The fourth-order valence-electron chi connectivity index (χ4n) is 4.38. The van der Waals surface area contributed by atoms with Gasteiger partial charge in [-0.1, -0.05) is 11.3 Å². The van der Waals surface area contributed by atoms with E-state index >= 15 is 4.39 Å². The molecule has 2 fully saturated rings. The van der Waals surface area contributed by atoms with Crippen LogP contribution < -0.4 is 25.3 Å². The van der Waals surface area contributed by atoms with Gasteiger partial charge >= 0.3 is 11.1 Å². The predicted octanol–water partition coefficient (Wildman–Crippen LogP) is 2.72. The highest BCUT2D eigenvalue weighted by Gasteiger charge is 2.33. The van der Waals surface area contributed by atoms with Crippen LogP contribution in [0.2, 0.25) is 0 Å².